The van der Waals surface area contributed by atoms with Gasteiger partial charge in [0.15, 0.2) is 5.16 Å². The number of rotatable bonds is 9. The molecule has 1 fully saturated rings. The molecule has 1 saturated carbocycles. The molecule has 0 atom stereocenters. The van der Waals surface area contributed by atoms with Crippen LogP contribution in [0.3, 0.4) is 0 Å². The molecule has 5 rings (SSSR count). The zero-order valence-electron chi connectivity index (χ0n) is 19.3. The Bertz CT molecular complexity index is 1180. The summed E-state index contributed by atoms with van der Waals surface area (Å²) in [7, 11) is 0. The van der Waals surface area contributed by atoms with Crippen molar-refractivity contribution in [2.45, 2.75) is 69.6 Å². The van der Waals surface area contributed by atoms with Crippen molar-refractivity contribution < 1.29 is 9.59 Å². The minimum absolute atomic E-state index is 0.119. The van der Waals surface area contributed by atoms with Crippen molar-refractivity contribution in [1.29, 1.82) is 0 Å². The molecule has 2 aliphatic carbocycles. The Morgan fingerprint density at radius 1 is 1.15 bits per heavy atom. The lowest BCUT2D eigenvalue weighted by Crippen LogP contribution is -2.25. The van der Waals surface area contributed by atoms with Crippen LogP contribution in [0.15, 0.2) is 35.5 Å². The van der Waals surface area contributed by atoms with Gasteiger partial charge in [-0.05, 0) is 56.6 Å². The zero-order valence-corrected chi connectivity index (χ0v) is 20.9. The van der Waals surface area contributed by atoms with Crippen LogP contribution in [0.1, 0.15) is 70.7 Å². The van der Waals surface area contributed by atoms with Crippen molar-refractivity contribution in [2.75, 3.05) is 11.1 Å². The molecule has 9 heteroatoms. The molecule has 34 heavy (non-hydrogen) atoms. The Morgan fingerprint density at radius 2 is 1.94 bits per heavy atom. The van der Waals surface area contributed by atoms with E-state index in [4.69, 9.17) is 0 Å². The molecule has 2 aliphatic rings. The topological polar surface area (TPSA) is 88.9 Å². The molecule has 0 radical (unpaired) electrons. The minimum Gasteiger partial charge on any atom is -0.348 e. The number of thioether (sulfide) groups is 1. The largest absolute Gasteiger partial charge is 0.348 e. The molecular formula is C25H29N5O2S2. The average Bonchev–Trinajstić information content (AvgIpc) is 3.52. The molecule has 2 amide bonds. The monoisotopic (exact) mass is 495 g/mol. The van der Waals surface area contributed by atoms with Crippen LogP contribution in [0, 0.1) is 0 Å². The molecule has 0 spiro atoms. The lowest BCUT2D eigenvalue weighted by atomic mass is 9.95. The first-order chi connectivity index (χ1) is 16.6. The van der Waals surface area contributed by atoms with Crippen LogP contribution in [0.2, 0.25) is 0 Å². The molecule has 0 saturated heterocycles. The molecule has 178 valence electrons. The summed E-state index contributed by atoms with van der Waals surface area (Å²) >= 11 is 2.95. The van der Waals surface area contributed by atoms with Gasteiger partial charge in [0.2, 0.25) is 5.91 Å². The van der Waals surface area contributed by atoms with Gasteiger partial charge >= 0.3 is 0 Å². The number of nitrogens with zero attached hydrogens (tertiary/aromatic N) is 3. The highest BCUT2D eigenvalue weighted by atomic mass is 32.2. The van der Waals surface area contributed by atoms with Gasteiger partial charge < -0.3 is 15.2 Å². The van der Waals surface area contributed by atoms with Crippen molar-refractivity contribution in [2.24, 2.45) is 0 Å². The Balaban J connectivity index is 1.28. The zero-order chi connectivity index (χ0) is 23.5. The quantitative estimate of drug-likeness (QED) is 0.417. The fraction of sp³-hybridized carbons (Fsp3) is 0.440. The standard InChI is InChI=1S/C25H29N5O2S2/c1-2-30-22(17-12-13-17)28-29-25(30)33-15-20(31)27-24-21(18-10-6-7-11-19(18)34-24)23(32)26-14-16-8-4-3-5-9-16/h3-5,8-9,17H,2,6-7,10-15H2,1H3,(H,26,32)(H,27,31). The van der Waals surface area contributed by atoms with E-state index in [1.807, 2.05) is 30.3 Å². The predicted molar refractivity (Wildman–Crippen MR) is 136 cm³/mol. The number of thiophene rings is 1. The highest BCUT2D eigenvalue weighted by molar-refractivity contribution is 7.99. The lowest BCUT2D eigenvalue weighted by molar-refractivity contribution is -0.113. The number of benzene rings is 1. The maximum Gasteiger partial charge on any atom is 0.254 e. The Kier molecular flexibility index (Phi) is 7.01. The van der Waals surface area contributed by atoms with E-state index in [0.717, 1.165) is 54.3 Å². The number of aryl methyl sites for hydroxylation is 1. The minimum atomic E-state index is -0.126. The molecule has 0 aliphatic heterocycles. The number of nitrogens with one attached hydrogen (secondary N) is 2. The van der Waals surface area contributed by atoms with Gasteiger partial charge in [-0.25, -0.2) is 0 Å². The fourth-order valence-corrected chi connectivity index (χ4v) is 6.51. The van der Waals surface area contributed by atoms with E-state index in [9.17, 15) is 9.59 Å². The average molecular weight is 496 g/mol. The number of hydrogen-bond donors (Lipinski definition) is 2. The Morgan fingerprint density at radius 3 is 2.71 bits per heavy atom. The summed E-state index contributed by atoms with van der Waals surface area (Å²) in [5.74, 6) is 1.54. The van der Waals surface area contributed by atoms with Gasteiger partial charge in [-0.15, -0.1) is 21.5 Å². The van der Waals surface area contributed by atoms with Gasteiger partial charge in [0.25, 0.3) is 5.91 Å². The maximum atomic E-state index is 13.2. The number of aromatic nitrogens is 3. The normalized spacial score (nSPS) is 15.1. The van der Waals surface area contributed by atoms with Crippen LogP contribution in [-0.2, 0) is 30.7 Å². The van der Waals surface area contributed by atoms with Crippen LogP contribution in [-0.4, -0.2) is 32.3 Å². The first-order valence-electron chi connectivity index (χ1n) is 12.0. The second kappa shape index (κ2) is 10.3. The van der Waals surface area contributed by atoms with E-state index in [-0.39, 0.29) is 17.6 Å². The number of carbonyl (C=O) groups excluding carboxylic acids is 2. The summed E-state index contributed by atoms with van der Waals surface area (Å²) in [6.07, 6.45) is 6.38. The van der Waals surface area contributed by atoms with E-state index < -0.39 is 0 Å². The summed E-state index contributed by atoms with van der Waals surface area (Å²) in [6.45, 7) is 3.34. The van der Waals surface area contributed by atoms with Gasteiger partial charge in [0.05, 0.1) is 11.3 Å². The summed E-state index contributed by atoms with van der Waals surface area (Å²) in [5.41, 5.74) is 2.79. The molecule has 1 aromatic carbocycles. The summed E-state index contributed by atoms with van der Waals surface area (Å²) in [5, 5.41) is 16.2. The molecule has 2 heterocycles. The smallest absolute Gasteiger partial charge is 0.254 e. The van der Waals surface area contributed by atoms with Crippen molar-refractivity contribution in [3.63, 3.8) is 0 Å². The molecule has 7 nitrogen and oxygen atoms in total. The third-order valence-electron chi connectivity index (χ3n) is 6.28. The molecular weight excluding hydrogens is 466 g/mol. The highest BCUT2D eigenvalue weighted by Gasteiger charge is 2.30. The third-order valence-corrected chi connectivity index (χ3v) is 8.46. The Hall–Kier alpha value is -2.65. The molecule has 0 bridgehead atoms. The van der Waals surface area contributed by atoms with Gasteiger partial charge in [-0.1, -0.05) is 42.1 Å². The summed E-state index contributed by atoms with van der Waals surface area (Å²) < 4.78 is 2.11. The van der Waals surface area contributed by atoms with Crippen LogP contribution in [0.5, 0.6) is 0 Å². The van der Waals surface area contributed by atoms with Gasteiger partial charge in [0.1, 0.15) is 10.8 Å². The molecule has 0 unspecified atom stereocenters. The number of carbonyl (C=O) groups is 2. The van der Waals surface area contributed by atoms with E-state index in [1.54, 1.807) is 11.3 Å². The molecule has 3 aromatic rings. The molecule has 2 N–H and O–H groups in total. The third kappa shape index (κ3) is 5.05. The number of fused-ring (bicyclic) bond motifs is 1. The van der Waals surface area contributed by atoms with Crippen LogP contribution in [0.25, 0.3) is 0 Å². The van der Waals surface area contributed by atoms with E-state index in [2.05, 4.69) is 32.3 Å². The maximum absolute atomic E-state index is 13.2. The summed E-state index contributed by atoms with van der Waals surface area (Å²) in [4.78, 5) is 27.3. The van der Waals surface area contributed by atoms with Gasteiger partial charge in [-0.3, -0.25) is 9.59 Å². The second-order valence-corrected chi connectivity index (χ2v) is 10.8. The van der Waals surface area contributed by atoms with E-state index in [0.29, 0.717) is 23.0 Å². The second-order valence-electron chi connectivity index (χ2n) is 8.78. The van der Waals surface area contributed by atoms with Crippen molar-refractivity contribution in [3.8, 4) is 0 Å². The number of amides is 2. The first kappa shape index (κ1) is 23.1. The van der Waals surface area contributed by atoms with Crippen LogP contribution < -0.4 is 10.6 Å². The number of hydrogen-bond acceptors (Lipinski definition) is 6. The SMILES string of the molecule is CCn1c(SCC(=O)Nc2sc3c(c2C(=O)NCc2ccccc2)CCCC3)nnc1C1CC1. The van der Waals surface area contributed by atoms with Crippen molar-refractivity contribution in [3.05, 3.63) is 57.7 Å². The lowest BCUT2D eigenvalue weighted by Gasteiger charge is -2.13. The van der Waals surface area contributed by atoms with Gasteiger partial charge in [-0.2, -0.15) is 0 Å². The molecule has 2 aromatic heterocycles. The first-order valence-corrected chi connectivity index (χ1v) is 13.8. The van der Waals surface area contributed by atoms with E-state index in [1.165, 1.54) is 29.5 Å². The highest BCUT2D eigenvalue weighted by Crippen LogP contribution is 2.40. The van der Waals surface area contributed by atoms with E-state index >= 15 is 0 Å². The number of anilines is 1. The van der Waals surface area contributed by atoms with Crippen LogP contribution >= 0.6 is 23.1 Å². The van der Waals surface area contributed by atoms with Crippen molar-refractivity contribution >= 4 is 39.9 Å². The summed E-state index contributed by atoms with van der Waals surface area (Å²) in [6, 6.07) is 9.87. The van der Waals surface area contributed by atoms with Gasteiger partial charge in [0, 0.05) is 23.9 Å². The van der Waals surface area contributed by atoms with Crippen LogP contribution in [0.4, 0.5) is 5.00 Å². The predicted octanol–water partition coefficient (Wildman–Crippen LogP) is 4.78. The van der Waals surface area contributed by atoms with Crippen molar-refractivity contribution in [1.82, 2.24) is 20.1 Å². The fourth-order valence-electron chi connectivity index (χ4n) is 4.40. The Labute approximate surface area is 207 Å².